The number of benzene rings is 1. The highest BCUT2D eigenvalue weighted by Gasteiger charge is 2.18. The van der Waals surface area contributed by atoms with Gasteiger partial charge in [-0.25, -0.2) is 0 Å². The van der Waals surface area contributed by atoms with Crippen molar-refractivity contribution in [2.24, 2.45) is 5.92 Å². The number of halogens is 2. The zero-order valence-electron chi connectivity index (χ0n) is 9.86. The van der Waals surface area contributed by atoms with E-state index in [1.807, 2.05) is 24.3 Å². The van der Waals surface area contributed by atoms with Crippen LogP contribution >= 0.6 is 28.3 Å². The van der Waals surface area contributed by atoms with Gasteiger partial charge in [0, 0.05) is 4.47 Å². The van der Waals surface area contributed by atoms with Crippen LogP contribution in [0.2, 0.25) is 0 Å². The first-order chi connectivity index (χ1) is 7.65. The molecule has 0 aliphatic heterocycles. The Balaban J connectivity index is 0.00000256. The van der Waals surface area contributed by atoms with E-state index >= 15 is 0 Å². The van der Waals surface area contributed by atoms with Crippen LogP contribution in [0.3, 0.4) is 0 Å². The predicted octanol–water partition coefficient (Wildman–Crippen LogP) is 4.30. The predicted molar refractivity (Wildman–Crippen MR) is 75.7 cm³/mol. The molecule has 0 aromatic heterocycles. The maximum Gasteiger partial charge on any atom is 0.306 e. The summed E-state index contributed by atoms with van der Waals surface area (Å²) in [5.41, 5.74) is 1.08. The minimum absolute atomic E-state index is 0. The minimum atomic E-state index is -0.691. The molecule has 17 heavy (non-hydrogen) atoms. The Morgan fingerprint density at radius 3 is 2.59 bits per heavy atom. The molecule has 2 nitrogen and oxygen atoms in total. The molecule has 1 N–H and O–H groups in total. The quantitative estimate of drug-likeness (QED) is 0.848. The molecule has 0 bridgehead atoms. The maximum atomic E-state index is 11.1. The van der Waals surface area contributed by atoms with E-state index in [1.54, 1.807) is 0 Å². The summed E-state index contributed by atoms with van der Waals surface area (Å²) in [7, 11) is 0. The fourth-order valence-electron chi connectivity index (χ4n) is 1.69. The monoisotopic (exact) mass is 320 g/mol. The molecule has 4 heteroatoms. The van der Waals surface area contributed by atoms with Crippen molar-refractivity contribution in [1.82, 2.24) is 0 Å². The van der Waals surface area contributed by atoms with E-state index in [0.717, 1.165) is 29.3 Å². The lowest BCUT2D eigenvalue weighted by atomic mass is 9.94. The standard InChI is InChI=1S/C13H17BrO2.ClH/c1-2-3-6-11(13(15)16)9-10-7-4-5-8-12(10)14;/h4-5,7-8,11H,2-3,6,9H2,1H3,(H,15,16);1H. The van der Waals surface area contributed by atoms with Crippen LogP contribution < -0.4 is 0 Å². The molecule has 1 aromatic carbocycles. The fraction of sp³-hybridized carbons (Fsp3) is 0.462. The molecule has 0 amide bonds. The van der Waals surface area contributed by atoms with Gasteiger partial charge in [0.25, 0.3) is 0 Å². The SMILES string of the molecule is CCCCC(Cc1ccccc1Br)C(=O)O.Cl. The van der Waals surface area contributed by atoms with E-state index in [9.17, 15) is 4.79 Å². The number of hydrogen-bond donors (Lipinski definition) is 1. The van der Waals surface area contributed by atoms with Crippen molar-refractivity contribution >= 4 is 34.3 Å². The van der Waals surface area contributed by atoms with Crippen molar-refractivity contribution < 1.29 is 9.90 Å². The molecule has 1 aromatic rings. The van der Waals surface area contributed by atoms with E-state index in [4.69, 9.17) is 5.11 Å². The molecule has 1 rings (SSSR count). The van der Waals surface area contributed by atoms with Crippen LogP contribution in [0.15, 0.2) is 28.7 Å². The number of unbranched alkanes of at least 4 members (excludes halogenated alkanes) is 1. The van der Waals surface area contributed by atoms with E-state index < -0.39 is 5.97 Å². The maximum absolute atomic E-state index is 11.1. The summed E-state index contributed by atoms with van der Waals surface area (Å²) < 4.78 is 0.998. The lowest BCUT2D eigenvalue weighted by Gasteiger charge is -2.12. The smallest absolute Gasteiger partial charge is 0.306 e. The second-order valence-corrected chi connectivity index (χ2v) is 4.83. The highest BCUT2D eigenvalue weighted by molar-refractivity contribution is 9.10. The Kier molecular flexibility index (Phi) is 8.26. The summed E-state index contributed by atoms with van der Waals surface area (Å²) in [6.07, 6.45) is 3.38. The fourth-order valence-corrected chi connectivity index (χ4v) is 2.14. The molecule has 1 unspecified atom stereocenters. The zero-order chi connectivity index (χ0) is 12.0. The number of aliphatic carboxylic acids is 1. The van der Waals surface area contributed by atoms with Crippen LogP contribution in [0.25, 0.3) is 0 Å². The first-order valence-corrected chi connectivity index (χ1v) is 6.40. The average Bonchev–Trinajstić information content (AvgIpc) is 2.26. The van der Waals surface area contributed by atoms with E-state index in [1.165, 1.54) is 0 Å². The molecule has 0 aliphatic rings. The lowest BCUT2D eigenvalue weighted by Crippen LogP contribution is -2.16. The van der Waals surface area contributed by atoms with E-state index in [-0.39, 0.29) is 18.3 Å². The summed E-state index contributed by atoms with van der Waals surface area (Å²) >= 11 is 3.45. The van der Waals surface area contributed by atoms with Crippen LogP contribution in [-0.2, 0) is 11.2 Å². The molecule has 0 saturated carbocycles. The van der Waals surface area contributed by atoms with Gasteiger partial charge in [0.05, 0.1) is 5.92 Å². The number of carbonyl (C=O) groups is 1. The number of carboxylic acids is 1. The van der Waals surface area contributed by atoms with Gasteiger partial charge < -0.3 is 5.11 Å². The Morgan fingerprint density at radius 1 is 1.41 bits per heavy atom. The number of rotatable bonds is 6. The van der Waals surface area contributed by atoms with Gasteiger partial charge in [0.1, 0.15) is 0 Å². The largest absolute Gasteiger partial charge is 0.481 e. The van der Waals surface area contributed by atoms with Gasteiger partial charge in [-0.15, -0.1) is 12.4 Å². The summed E-state index contributed by atoms with van der Waals surface area (Å²) in [6, 6.07) is 7.81. The normalized spacial score (nSPS) is 11.6. The summed E-state index contributed by atoms with van der Waals surface area (Å²) in [5, 5.41) is 9.14. The third-order valence-electron chi connectivity index (χ3n) is 2.68. The second kappa shape index (κ2) is 8.54. The lowest BCUT2D eigenvalue weighted by molar-refractivity contribution is -0.142. The molecular weight excluding hydrogens is 303 g/mol. The Bertz CT molecular complexity index is 355. The van der Waals surface area contributed by atoms with Gasteiger partial charge in [0.2, 0.25) is 0 Å². The summed E-state index contributed by atoms with van der Waals surface area (Å²) in [6.45, 7) is 2.08. The minimum Gasteiger partial charge on any atom is -0.481 e. The van der Waals surface area contributed by atoms with Crippen molar-refractivity contribution in [2.75, 3.05) is 0 Å². The molecule has 0 saturated heterocycles. The van der Waals surface area contributed by atoms with Gasteiger partial charge in [-0.05, 0) is 24.5 Å². The van der Waals surface area contributed by atoms with Crippen LogP contribution in [0.5, 0.6) is 0 Å². The third-order valence-corrected chi connectivity index (χ3v) is 3.45. The van der Waals surface area contributed by atoms with Gasteiger partial charge in [-0.2, -0.15) is 0 Å². The van der Waals surface area contributed by atoms with Gasteiger partial charge in [-0.1, -0.05) is 53.9 Å². The molecule has 0 radical (unpaired) electrons. The second-order valence-electron chi connectivity index (χ2n) is 3.97. The highest BCUT2D eigenvalue weighted by atomic mass is 79.9. The van der Waals surface area contributed by atoms with Crippen molar-refractivity contribution in [3.63, 3.8) is 0 Å². The molecular formula is C13H18BrClO2. The first kappa shape index (κ1) is 16.5. The topological polar surface area (TPSA) is 37.3 Å². The van der Waals surface area contributed by atoms with Crippen molar-refractivity contribution in [2.45, 2.75) is 32.6 Å². The number of carboxylic acid groups (broad SMARTS) is 1. The Labute approximate surface area is 117 Å². The number of hydrogen-bond acceptors (Lipinski definition) is 1. The zero-order valence-corrected chi connectivity index (χ0v) is 12.3. The van der Waals surface area contributed by atoms with Crippen molar-refractivity contribution in [3.05, 3.63) is 34.3 Å². The van der Waals surface area contributed by atoms with Gasteiger partial charge in [0.15, 0.2) is 0 Å². The van der Waals surface area contributed by atoms with Gasteiger partial charge >= 0.3 is 5.97 Å². The van der Waals surface area contributed by atoms with Gasteiger partial charge in [-0.3, -0.25) is 4.79 Å². The molecule has 0 heterocycles. The van der Waals surface area contributed by atoms with Crippen LogP contribution in [0, 0.1) is 5.92 Å². The van der Waals surface area contributed by atoms with E-state index in [0.29, 0.717) is 6.42 Å². The van der Waals surface area contributed by atoms with E-state index in [2.05, 4.69) is 22.9 Å². The van der Waals surface area contributed by atoms with Crippen LogP contribution in [0.1, 0.15) is 31.7 Å². The van der Waals surface area contributed by atoms with Crippen LogP contribution in [0.4, 0.5) is 0 Å². The average molecular weight is 322 g/mol. The summed E-state index contributed by atoms with van der Waals surface area (Å²) in [5.74, 6) is -0.956. The molecule has 0 fully saturated rings. The third kappa shape index (κ3) is 5.55. The highest BCUT2D eigenvalue weighted by Crippen LogP contribution is 2.22. The van der Waals surface area contributed by atoms with Crippen molar-refractivity contribution in [1.29, 1.82) is 0 Å². The molecule has 96 valence electrons. The molecule has 1 atom stereocenters. The van der Waals surface area contributed by atoms with Crippen LogP contribution in [-0.4, -0.2) is 11.1 Å². The first-order valence-electron chi connectivity index (χ1n) is 5.61. The Hall–Kier alpha value is -0.540. The molecule has 0 spiro atoms. The Morgan fingerprint density at radius 2 is 2.06 bits per heavy atom. The summed E-state index contributed by atoms with van der Waals surface area (Å²) in [4.78, 5) is 11.1. The van der Waals surface area contributed by atoms with Crippen molar-refractivity contribution in [3.8, 4) is 0 Å². The molecule has 0 aliphatic carbocycles.